The lowest BCUT2D eigenvalue weighted by atomic mass is 9.99. The molecular weight excluding hydrogens is 476 g/mol. The van der Waals surface area contributed by atoms with Crippen LogP contribution in [0.1, 0.15) is 49.4 Å². The van der Waals surface area contributed by atoms with Gasteiger partial charge < -0.3 is 10.2 Å². The van der Waals surface area contributed by atoms with E-state index in [-0.39, 0.29) is 24.1 Å². The fraction of sp³-hybridized carbons (Fsp3) is 0.455. The van der Waals surface area contributed by atoms with Crippen LogP contribution in [-0.2, 0) is 27.5 Å². The first kappa shape index (κ1) is 25.7. The summed E-state index contributed by atoms with van der Waals surface area (Å²) in [7, 11) is -3.67. The minimum absolute atomic E-state index is 0.0198. The topological polar surface area (TPSA) is 91.4 Å². The van der Waals surface area contributed by atoms with E-state index in [1.807, 2.05) is 16.5 Å². The van der Waals surface area contributed by atoms with Crippen LogP contribution in [0.5, 0.6) is 0 Å². The van der Waals surface area contributed by atoms with E-state index < -0.39 is 39.5 Å². The highest BCUT2D eigenvalue weighted by atomic mass is 32.2. The SMILES string of the molecule is CC1CCCN1c1nc(C(F)(F)F)ccc1CNC(=O)[C@@H](C)c1ccc(NS(C)(=O)=O)c(F)c1. The maximum atomic E-state index is 14.3. The molecule has 12 heteroatoms. The molecule has 1 aromatic heterocycles. The van der Waals surface area contributed by atoms with Crippen molar-refractivity contribution in [2.24, 2.45) is 0 Å². The highest BCUT2D eigenvalue weighted by Gasteiger charge is 2.34. The number of anilines is 2. The maximum absolute atomic E-state index is 14.3. The molecule has 1 aromatic carbocycles. The molecule has 1 aliphatic rings. The first-order valence-electron chi connectivity index (χ1n) is 10.6. The average Bonchev–Trinajstić information content (AvgIpc) is 3.16. The molecule has 2 aromatic rings. The Morgan fingerprint density at radius 2 is 1.97 bits per heavy atom. The molecule has 2 atom stereocenters. The number of halogens is 4. The Morgan fingerprint density at radius 1 is 1.26 bits per heavy atom. The number of hydrogen-bond donors (Lipinski definition) is 2. The normalized spacial score (nSPS) is 17.5. The van der Waals surface area contributed by atoms with Crippen molar-refractivity contribution >= 4 is 27.4 Å². The van der Waals surface area contributed by atoms with Gasteiger partial charge in [0.2, 0.25) is 15.9 Å². The number of benzene rings is 1. The Hall–Kier alpha value is -2.89. The molecule has 1 unspecified atom stereocenters. The summed E-state index contributed by atoms with van der Waals surface area (Å²) in [6.07, 6.45) is -2.03. The van der Waals surface area contributed by atoms with Gasteiger partial charge in [0.05, 0.1) is 17.9 Å². The van der Waals surface area contributed by atoms with Crippen LogP contribution in [0.25, 0.3) is 0 Å². The lowest BCUT2D eigenvalue weighted by Gasteiger charge is -2.26. The molecular formula is C22H26F4N4O3S. The summed E-state index contributed by atoms with van der Waals surface area (Å²) < 4.78 is 78.6. The lowest BCUT2D eigenvalue weighted by molar-refractivity contribution is -0.141. The van der Waals surface area contributed by atoms with Crippen molar-refractivity contribution in [1.82, 2.24) is 10.3 Å². The molecule has 2 N–H and O–H groups in total. The van der Waals surface area contributed by atoms with Crippen molar-refractivity contribution in [3.8, 4) is 0 Å². The van der Waals surface area contributed by atoms with Crippen molar-refractivity contribution in [3.63, 3.8) is 0 Å². The zero-order chi connectivity index (χ0) is 25.3. The Kier molecular flexibility index (Phi) is 7.39. The van der Waals surface area contributed by atoms with Gasteiger partial charge in [-0.15, -0.1) is 0 Å². The summed E-state index contributed by atoms with van der Waals surface area (Å²) in [6.45, 7) is 3.97. The standard InChI is InChI=1S/C22H26F4N4O3S/c1-13-5-4-10-30(13)20-16(7-9-19(28-20)22(24,25)26)12-27-21(31)14(2)15-6-8-18(17(23)11-15)29-34(3,32)33/h6-9,11,13-14,29H,4-5,10,12H2,1-3H3,(H,27,31)/t13?,14-/m0/s1. The monoisotopic (exact) mass is 502 g/mol. The largest absolute Gasteiger partial charge is 0.433 e. The second-order valence-electron chi connectivity index (χ2n) is 8.41. The molecule has 186 valence electrons. The molecule has 1 saturated heterocycles. The summed E-state index contributed by atoms with van der Waals surface area (Å²) in [5, 5.41) is 2.69. The Balaban J connectivity index is 1.77. The lowest BCUT2D eigenvalue weighted by Crippen LogP contribution is -2.32. The van der Waals surface area contributed by atoms with Crippen LogP contribution >= 0.6 is 0 Å². The molecule has 1 fully saturated rings. The summed E-state index contributed by atoms with van der Waals surface area (Å²) >= 11 is 0. The zero-order valence-electron chi connectivity index (χ0n) is 18.9. The fourth-order valence-electron chi connectivity index (χ4n) is 3.84. The number of hydrogen-bond acceptors (Lipinski definition) is 5. The van der Waals surface area contributed by atoms with E-state index in [9.17, 15) is 30.8 Å². The third-order valence-electron chi connectivity index (χ3n) is 5.71. The first-order chi connectivity index (χ1) is 15.8. The van der Waals surface area contributed by atoms with Crippen molar-refractivity contribution in [2.75, 3.05) is 22.4 Å². The number of alkyl halides is 3. The number of carbonyl (C=O) groups is 1. The van der Waals surface area contributed by atoms with E-state index in [4.69, 9.17) is 0 Å². The number of pyridine rings is 1. The Morgan fingerprint density at radius 3 is 2.53 bits per heavy atom. The molecule has 0 aliphatic carbocycles. The molecule has 34 heavy (non-hydrogen) atoms. The summed E-state index contributed by atoms with van der Waals surface area (Å²) in [5.74, 6) is -1.91. The quantitative estimate of drug-likeness (QED) is 0.558. The number of nitrogens with one attached hydrogen (secondary N) is 2. The van der Waals surface area contributed by atoms with Crippen LogP contribution in [0, 0.1) is 5.82 Å². The number of aromatic nitrogens is 1. The van der Waals surface area contributed by atoms with Crippen molar-refractivity contribution < 1.29 is 30.8 Å². The maximum Gasteiger partial charge on any atom is 0.433 e. The fourth-order valence-corrected chi connectivity index (χ4v) is 4.40. The summed E-state index contributed by atoms with van der Waals surface area (Å²) in [6, 6.07) is 5.94. The van der Waals surface area contributed by atoms with Crippen LogP contribution in [0.4, 0.5) is 29.1 Å². The highest BCUT2D eigenvalue weighted by Crippen LogP contribution is 2.33. The summed E-state index contributed by atoms with van der Waals surface area (Å²) in [4.78, 5) is 18.4. The molecule has 0 radical (unpaired) electrons. The van der Waals surface area contributed by atoms with Crippen molar-refractivity contribution in [1.29, 1.82) is 0 Å². The predicted molar refractivity (Wildman–Crippen MR) is 120 cm³/mol. The molecule has 1 aliphatic heterocycles. The van der Waals surface area contributed by atoms with Gasteiger partial charge in [0, 0.05) is 24.7 Å². The average molecular weight is 503 g/mol. The van der Waals surface area contributed by atoms with Gasteiger partial charge in [-0.3, -0.25) is 9.52 Å². The van der Waals surface area contributed by atoms with E-state index >= 15 is 0 Å². The Labute approximate surface area is 195 Å². The number of amides is 1. The molecule has 7 nitrogen and oxygen atoms in total. The smallest absolute Gasteiger partial charge is 0.354 e. The van der Waals surface area contributed by atoms with Gasteiger partial charge in [0.15, 0.2) is 0 Å². The summed E-state index contributed by atoms with van der Waals surface area (Å²) in [5.41, 5.74) is -0.475. The van der Waals surface area contributed by atoms with Crippen LogP contribution in [0.3, 0.4) is 0 Å². The van der Waals surface area contributed by atoms with Crippen LogP contribution in [0.2, 0.25) is 0 Å². The molecule has 0 saturated carbocycles. The number of rotatable bonds is 7. The number of sulfonamides is 1. The second kappa shape index (κ2) is 9.77. The van der Waals surface area contributed by atoms with E-state index in [1.165, 1.54) is 18.2 Å². The van der Waals surface area contributed by atoms with E-state index in [0.29, 0.717) is 17.7 Å². The van der Waals surface area contributed by atoms with Crippen LogP contribution in [0.15, 0.2) is 30.3 Å². The van der Waals surface area contributed by atoms with Gasteiger partial charge >= 0.3 is 6.18 Å². The number of nitrogens with zero attached hydrogens (tertiary/aromatic N) is 2. The predicted octanol–water partition coefficient (Wildman–Crippen LogP) is 4.02. The van der Waals surface area contributed by atoms with Crippen LogP contribution < -0.4 is 14.9 Å². The first-order valence-corrected chi connectivity index (χ1v) is 12.5. The van der Waals surface area contributed by atoms with Crippen LogP contribution in [-0.4, -0.2) is 38.2 Å². The minimum atomic E-state index is -4.59. The van der Waals surface area contributed by atoms with Gasteiger partial charge in [-0.2, -0.15) is 13.2 Å². The van der Waals surface area contributed by atoms with E-state index in [0.717, 1.165) is 31.2 Å². The number of carbonyl (C=O) groups excluding carboxylic acids is 1. The molecule has 0 spiro atoms. The van der Waals surface area contributed by atoms with Gasteiger partial charge in [0.25, 0.3) is 0 Å². The van der Waals surface area contributed by atoms with Crippen molar-refractivity contribution in [2.45, 2.75) is 51.4 Å². The molecule has 2 heterocycles. The van der Waals surface area contributed by atoms with Gasteiger partial charge in [0.1, 0.15) is 17.3 Å². The third kappa shape index (κ3) is 6.16. The minimum Gasteiger partial charge on any atom is -0.354 e. The zero-order valence-corrected chi connectivity index (χ0v) is 19.7. The highest BCUT2D eigenvalue weighted by molar-refractivity contribution is 7.92. The van der Waals surface area contributed by atoms with Crippen molar-refractivity contribution in [3.05, 3.63) is 53.0 Å². The molecule has 1 amide bonds. The van der Waals surface area contributed by atoms with E-state index in [2.05, 4.69) is 10.3 Å². The van der Waals surface area contributed by atoms with E-state index in [1.54, 1.807) is 6.92 Å². The van der Waals surface area contributed by atoms with Gasteiger partial charge in [-0.25, -0.2) is 17.8 Å². The van der Waals surface area contributed by atoms with Gasteiger partial charge in [-0.1, -0.05) is 12.1 Å². The van der Waals surface area contributed by atoms with Gasteiger partial charge in [-0.05, 0) is 50.5 Å². The molecule has 3 rings (SSSR count). The molecule has 0 bridgehead atoms. The Bertz CT molecular complexity index is 1170. The third-order valence-corrected chi connectivity index (χ3v) is 6.30. The second-order valence-corrected chi connectivity index (χ2v) is 10.2.